The van der Waals surface area contributed by atoms with Crippen LogP contribution in [0.1, 0.15) is 43.2 Å². The highest BCUT2D eigenvalue weighted by Gasteiger charge is 2.30. The van der Waals surface area contributed by atoms with Crippen molar-refractivity contribution in [1.29, 1.82) is 0 Å². The molecule has 2 atom stereocenters. The average molecular weight is 440 g/mol. The minimum Gasteiger partial charge on any atom is -0.481 e. The van der Waals surface area contributed by atoms with Crippen LogP contribution >= 0.6 is 0 Å². The van der Waals surface area contributed by atoms with Crippen LogP contribution in [0.3, 0.4) is 0 Å². The normalized spacial score (nSPS) is 14.1. The van der Waals surface area contributed by atoms with Gasteiger partial charge in [0.25, 0.3) is 0 Å². The monoisotopic (exact) mass is 440 g/mol. The van der Waals surface area contributed by atoms with Crippen LogP contribution in [0.5, 0.6) is 0 Å². The van der Waals surface area contributed by atoms with Crippen molar-refractivity contribution in [2.24, 2.45) is 0 Å². The number of aliphatic carboxylic acids is 1. The fourth-order valence-electron chi connectivity index (χ4n) is 3.94. The van der Waals surface area contributed by atoms with E-state index in [1.165, 1.54) is 0 Å². The number of carboxylic acids is 1. The molecule has 1 aliphatic carbocycles. The Morgan fingerprint density at radius 3 is 2.19 bits per heavy atom. The number of carbonyl (C=O) groups is 3. The number of hydrogen-bond donors (Lipinski definition) is 4. The van der Waals surface area contributed by atoms with Gasteiger partial charge < -0.3 is 25.6 Å². The summed E-state index contributed by atoms with van der Waals surface area (Å²) in [6.45, 7) is 1.93. The zero-order valence-corrected chi connectivity index (χ0v) is 17.9. The maximum Gasteiger partial charge on any atom is 0.407 e. The summed E-state index contributed by atoms with van der Waals surface area (Å²) in [5.74, 6) is -2.07. The van der Waals surface area contributed by atoms with Gasteiger partial charge in [0.2, 0.25) is 5.91 Å². The molecule has 2 unspecified atom stereocenters. The van der Waals surface area contributed by atoms with Crippen LogP contribution in [0.4, 0.5) is 4.79 Å². The number of aliphatic hydroxyl groups excluding tert-OH is 1. The summed E-state index contributed by atoms with van der Waals surface area (Å²) in [6.07, 6.45) is -0.955. The quantitative estimate of drug-likeness (QED) is 0.450. The highest BCUT2D eigenvalue weighted by molar-refractivity contribution is 5.89. The fourth-order valence-corrected chi connectivity index (χ4v) is 3.94. The molecule has 2 aromatic carbocycles. The molecule has 0 bridgehead atoms. The van der Waals surface area contributed by atoms with Crippen molar-refractivity contribution >= 4 is 18.0 Å². The van der Waals surface area contributed by atoms with Gasteiger partial charge in [0.05, 0.1) is 12.5 Å². The first-order valence-electron chi connectivity index (χ1n) is 10.7. The van der Waals surface area contributed by atoms with E-state index >= 15 is 0 Å². The summed E-state index contributed by atoms with van der Waals surface area (Å²) in [4.78, 5) is 35.9. The molecule has 4 N–H and O–H groups in total. The molecular formula is C24H28N2O6. The molecule has 1 aliphatic rings. The van der Waals surface area contributed by atoms with Crippen molar-refractivity contribution in [2.45, 2.75) is 44.2 Å². The molecule has 0 heterocycles. The molecule has 0 aliphatic heterocycles. The Balaban J connectivity index is 1.62. The molecule has 0 radical (unpaired) electrons. The molecule has 8 heteroatoms. The predicted octanol–water partition coefficient (Wildman–Crippen LogP) is 2.65. The van der Waals surface area contributed by atoms with Crippen LogP contribution < -0.4 is 10.6 Å². The lowest BCUT2D eigenvalue weighted by molar-refractivity contribution is -0.139. The van der Waals surface area contributed by atoms with E-state index in [1.807, 2.05) is 55.5 Å². The number of aliphatic hydroxyl groups is 1. The van der Waals surface area contributed by atoms with Crippen LogP contribution in [-0.2, 0) is 14.3 Å². The number of fused-ring (bicyclic) bond motifs is 3. The Kier molecular flexibility index (Phi) is 7.83. The summed E-state index contributed by atoms with van der Waals surface area (Å²) in [7, 11) is 0. The Morgan fingerprint density at radius 1 is 1.03 bits per heavy atom. The molecule has 2 aromatic rings. The lowest BCUT2D eigenvalue weighted by Gasteiger charge is -2.19. The van der Waals surface area contributed by atoms with E-state index in [4.69, 9.17) is 9.84 Å². The second kappa shape index (κ2) is 10.8. The molecule has 2 amide bonds. The van der Waals surface area contributed by atoms with Crippen LogP contribution in [-0.4, -0.2) is 53.5 Å². The third-order valence-corrected chi connectivity index (χ3v) is 5.46. The van der Waals surface area contributed by atoms with E-state index in [9.17, 15) is 19.5 Å². The van der Waals surface area contributed by atoms with Crippen molar-refractivity contribution in [3.8, 4) is 11.1 Å². The number of alkyl carbamates (subject to hydrolysis) is 1. The number of hydrogen-bond acceptors (Lipinski definition) is 5. The summed E-state index contributed by atoms with van der Waals surface area (Å²) in [5.41, 5.74) is 4.27. The third kappa shape index (κ3) is 5.64. The van der Waals surface area contributed by atoms with Crippen molar-refractivity contribution in [3.05, 3.63) is 59.7 Å². The molecule has 0 aromatic heterocycles. The van der Waals surface area contributed by atoms with Gasteiger partial charge in [-0.25, -0.2) is 4.79 Å². The number of ether oxygens (including phenoxy) is 1. The van der Waals surface area contributed by atoms with Gasteiger partial charge in [0.15, 0.2) is 0 Å². The van der Waals surface area contributed by atoms with Gasteiger partial charge in [0.1, 0.15) is 12.6 Å². The average Bonchev–Trinajstić information content (AvgIpc) is 3.09. The Bertz CT molecular complexity index is 931. The van der Waals surface area contributed by atoms with Crippen LogP contribution in [0.15, 0.2) is 48.5 Å². The van der Waals surface area contributed by atoms with E-state index in [-0.39, 0.29) is 19.1 Å². The zero-order chi connectivity index (χ0) is 23.1. The second-order valence-corrected chi connectivity index (χ2v) is 7.81. The summed E-state index contributed by atoms with van der Waals surface area (Å²) < 4.78 is 5.39. The standard InChI is InChI=1S/C24H28N2O6/c1-2-7-15(27)13-25-23(30)21(12-22(28)29)26-24(31)32-14-20-18-10-5-3-8-16(18)17-9-4-6-11-19(17)20/h3-6,8-11,15,20-21,27H,2,7,12-14H2,1H3,(H,25,30)(H,26,31)(H,28,29). The van der Waals surface area contributed by atoms with Gasteiger partial charge in [0, 0.05) is 12.5 Å². The van der Waals surface area contributed by atoms with E-state index in [0.717, 1.165) is 28.7 Å². The molecule has 0 saturated carbocycles. The largest absolute Gasteiger partial charge is 0.481 e. The number of carbonyl (C=O) groups excluding carboxylic acids is 2. The minimum atomic E-state index is -1.31. The van der Waals surface area contributed by atoms with Gasteiger partial charge in [-0.1, -0.05) is 61.9 Å². The van der Waals surface area contributed by atoms with E-state index in [0.29, 0.717) is 6.42 Å². The maximum absolute atomic E-state index is 12.4. The Morgan fingerprint density at radius 2 is 1.62 bits per heavy atom. The first kappa shape index (κ1) is 23.3. The van der Waals surface area contributed by atoms with Crippen LogP contribution in [0, 0.1) is 0 Å². The van der Waals surface area contributed by atoms with Crippen molar-refractivity contribution < 1.29 is 29.3 Å². The number of amides is 2. The first-order valence-corrected chi connectivity index (χ1v) is 10.7. The van der Waals surface area contributed by atoms with Gasteiger partial charge >= 0.3 is 12.1 Å². The fraction of sp³-hybridized carbons (Fsp3) is 0.375. The Hall–Kier alpha value is -3.39. The zero-order valence-electron chi connectivity index (χ0n) is 17.9. The number of nitrogens with one attached hydrogen (secondary N) is 2. The minimum absolute atomic E-state index is 0.0187. The number of carboxylic acid groups (broad SMARTS) is 1. The van der Waals surface area contributed by atoms with Crippen LogP contribution in [0.2, 0.25) is 0 Å². The molecular weight excluding hydrogens is 412 g/mol. The molecule has 8 nitrogen and oxygen atoms in total. The summed E-state index contributed by atoms with van der Waals surface area (Å²) in [5, 5.41) is 23.7. The van der Waals surface area contributed by atoms with Crippen molar-refractivity contribution in [2.75, 3.05) is 13.2 Å². The van der Waals surface area contributed by atoms with Crippen LogP contribution in [0.25, 0.3) is 11.1 Å². The lowest BCUT2D eigenvalue weighted by Crippen LogP contribution is -2.49. The number of benzene rings is 2. The SMILES string of the molecule is CCCC(O)CNC(=O)C(CC(=O)O)NC(=O)OCC1c2ccccc2-c2ccccc21. The first-order chi connectivity index (χ1) is 15.4. The van der Waals surface area contributed by atoms with E-state index < -0.39 is 36.5 Å². The molecule has 0 fully saturated rings. The van der Waals surface area contributed by atoms with Crippen molar-refractivity contribution in [3.63, 3.8) is 0 Å². The predicted molar refractivity (Wildman–Crippen MR) is 118 cm³/mol. The van der Waals surface area contributed by atoms with Gasteiger partial charge in [-0.05, 0) is 28.7 Å². The second-order valence-electron chi connectivity index (χ2n) is 7.81. The van der Waals surface area contributed by atoms with Gasteiger partial charge in [-0.15, -0.1) is 0 Å². The topological polar surface area (TPSA) is 125 Å². The van der Waals surface area contributed by atoms with E-state index in [2.05, 4.69) is 10.6 Å². The van der Waals surface area contributed by atoms with Crippen molar-refractivity contribution in [1.82, 2.24) is 10.6 Å². The smallest absolute Gasteiger partial charge is 0.407 e. The molecule has 32 heavy (non-hydrogen) atoms. The van der Waals surface area contributed by atoms with E-state index in [1.54, 1.807) is 0 Å². The number of rotatable bonds is 10. The lowest BCUT2D eigenvalue weighted by atomic mass is 9.98. The summed E-state index contributed by atoms with van der Waals surface area (Å²) in [6, 6.07) is 14.5. The molecule has 0 spiro atoms. The third-order valence-electron chi connectivity index (χ3n) is 5.46. The van der Waals surface area contributed by atoms with Gasteiger partial charge in [-0.3, -0.25) is 9.59 Å². The molecule has 0 saturated heterocycles. The molecule has 3 rings (SSSR count). The maximum atomic E-state index is 12.4. The molecule has 170 valence electrons. The Labute approximate surface area is 186 Å². The summed E-state index contributed by atoms with van der Waals surface area (Å²) >= 11 is 0. The van der Waals surface area contributed by atoms with Gasteiger partial charge in [-0.2, -0.15) is 0 Å². The highest BCUT2D eigenvalue weighted by atomic mass is 16.5. The highest BCUT2D eigenvalue weighted by Crippen LogP contribution is 2.44.